The van der Waals surface area contributed by atoms with Gasteiger partial charge in [0.1, 0.15) is 30.1 Å². The zero-order valence-electron chi connectivity index (χ0n) is 19.3. The summed E-state index contributed by atoms with van der Waals surface area (Å²) >= 11 is 0. The van der Waals surface area contributed by atoms with Crippen LogP contribution in [-0.4, -0.2) is 79.3 Å². The van der Waals surface area contributed by atoms with Crippen LogP contribution >= 0.6 is 0 Å². The number of carbonyl (C=O) groups is 3. The molecule has 0 unspecified atom stereocenters. The quantitative estimate of drug-likeness (QED) is 0.276. The fourth-order valence-corrected chi connectivity index (χ4v) is 4.56. The molecule has 2 aliphatic rings. The van der Waals surface area contributed by atoms with E-state index in [2.05, 4.69) is 10.3 Å². The highest BCUT2D eigenvalue weighted by molar-refractivity contribution is 5.93. The molecule has 36 heavy (non-hydrogen) atoms. The van der Waals surface area contributed by atoms with Gasteiger partial charge in [-0.15, -0.1) is 0 Å². The van der Waals surface area contributed by atoms with Gasteiger partial charge in [-0.25, -0.2) is 4.79 Å². The number of likely N-dealkylation sites (tertiary alicyclic amines) is 1. The number of nitrogens with two attached hydrogens (primary N) is 2. The van der Waals surface area contributed by atoms with Gasteiger partial charge >= 0.3 is 5.69 Å². The van der Waals surface area contributed by atoms with E-state index in [9.17, 15) is 29.4 Å². The van der Waals surface area contributed by atoms with E-state index in [1.807, 2.05) is 0 Å². The Bertz CT molecular complexity index is 1190. The number of nitrogen functional groups attached to an aromatic ring is 1. The van der Waals surface area contributed by atoms with Crippen LogP contribution in [0.15, 0.2) is 47.4 Å². The molecule has 13 nitrogen and oxygen atoms in total. The third kappa shape index (κ3) is 5.08. The van der Waals surface area contributed by atoms with Crippen molar-refractivity contribution in [3.8, 4) is 0 Å². The fourth-order valence-electron chi connectivity index (χ4n) is 4.56. The molecule has 2 fully saturated rings. The second kappa shape index (κ2) is 10.4. The summed E-state index contributed by atoms with van der Waals surface area (Å²) < 4.78 is 6.45. The zero-order chi connectivity index (χ0) is 26.0. The maximum absolute atomic E-state index is 13.4. The van der Waals surface area contributed by atoms with Crippen LogP contribution in [0.1, 0.15) is 24.6 Å². The predicted molar refractivity (Wildman–Crippen MR) is 125 cm³/mol. The fraction of sp³-hybridized carbons (Fsp3) is 0.435. The van der Waals surface area contributed by atoms with Crippen molar-refractivity contribution < 1.29 is 29.3 Å². The average molecular weight is 501 g/mol. The number of primary amides is 1. The summed E-state index contributed by atoms with van der Waals surface area (Å²) in [4.78, 5) is 55.5. The van der Waals surface area contributed by atoms with E-state index in [1.165, 1.54) is 17.2 Å². The summed E-state index contributed by atoms with van der Waals surface area (Å²) in [6.07, 6.45) is -3.98. The van der Waals surface area contributed by atoms with Gasteiger partial charge in [-0.05, 0) is 24.5 Å². The molecule has 4 rings (SSSR count). The molecule has 192 valence electrons. The number of hydrogen-bond donors (Lipinski definition) is 5. The minimum atomic E-state index is -1.70. The van der Waals surface area contributed by atoms with Crippen molar-refractivity contribution >= 4 is 23.5 Å². The number of aliphatic hydroxyl groups excluding tert-OH is 2. The lowest BCUT2D eigenvalue weighted by Crippen LogP contribution is -2.56. The van der Waals surface area contributed by atoms with Crippen molar-refractivity contribution in [2.45, 2.75) is 55.9 Å². The first-order chi connectivity index (χ1) is 17.2. The maximum atomic E-state index is 13.4. The van der Waals surface area contributed by atoms with Gasteiger partial charge in [-0.1, -0.05) is 30.3 Å². The first-order valence-electron chi connectivity index (χ1n) is 11.5. The van der Waals surface area contributed by atoms with Gasteiger partial charge in [0.15, 0.2) is 12.3 Å². The SMILES string of the molecule is NC(=O)[C@@H]1CCCN1C(=O)[C@@H](Cc1ccccc1)NC(=O)[C@H]1O[C@@H](n2ccc(N)nc2=O)[C@H](O)[C@@H]1O. The van der Waals surface area contributed by atoms with Gasteiger partial charge in [0.05, 0.1) is 0 Å². The minimum absolute atomic E-state index is 0.0444. The van der Waals surface area contributed by atoms with Crippen LogP contribution in [-0.2, 0) is 25.5 Å². The molecule has 0 saturated carbocycles. The molecule has 0 bridgehead atoms. The van der Waals surface area contributed by atoms with E-state index in [0.29, 0.717) is 19.4 Å². The number of nitrogens with one attached hydrogen (secondary N) is 1. The smallest absolute Gasteiger partial charge is 0.351 e. The minimum Gasteiger partial charge on any atom is -0.387 e. The number of aromatic nitrogens is 2. The molecule has 13 heteroatoms. The van der Waals surface area contributed by atoms with E-state index in [1.54, 1.807) is 30.3 Å². The van der Waals surface area contributed by atoms with Gasteiger partial charge < -0.3 is 36.6 Å². The second-order valence-electron chi connectivity index (χ2n) is 8.81. The third-order valence-electron chi connectivity index (χ3n) is 6.38. The summed E-state index contributed by atoms with van der Waals surface area (Å²) in [6, 6.07) is 8.35. The Labute approximate surface area is 205 Å². The van der Waals surface area contributed by atoms with Gasteiger partial charge in [0.25, 0.3) is 5.91 Å². The number of nitrogens with zero attached hydrogens (tertiary/aromatic N) is 3. The topological polar surface area (TPSA) is 203 Å². The van der Waals surface area contributed by atoms with E-state index in [-0.39, 0.29) is 12.2 Å². The van der Waals surface area contributed by atoms with Gasteiger partial charge in [0, 0.05) is 19.2 Å². The van der Waals surface area contributed by atoms with Crippen LogP contribution in [0.3, 0.4) is 0 Å². The van der Waals surface area contributed by atoms with Crippen LogP contribution in [0.4, 0.5) is 5.82 Å². The van der Waals surface area contributed by atoms with E-state index in [4.69, 9.17) is 16.2 Å². The molecule has 1 aromatic carbocycles. The van der Waals surface area contributed by atoms with E-state index in [0.717, 1.165) is 10.1 Å². The first kappa shape index (κ1) is 25.3. The van der Waals surface area contributed by atoms with Crippen LogP contribution in [0.5, 0.6) is 0 Å². The van der Waals surface area contributed by atoms with E-state index >= 15 is 0 Å². The van der Waals surface area contributed by atoms with Crippen LogP contribution in [0.25, 0.3) is 0 Å². The molecule has 6 atom stereocenters. The molecule has 3 heterocycles. The van der Waals surface area contributed by atoms with Crippen LogP contribution in [0.2, 0.25) is 0 Å². The summed E-state index contributed by atoms with van der Waals surface area (Å²) in [5.41, 5.74) is 10.9. The molecule has 7 N–H and O–H groups in total. The molecule has 2 aromatic rings. The lowest BCUT2D eigenvalue weighted by atomic mass is 10.0. The number of ether oxygens (including phenoxy) is 1. The Morgan fingerprint density at radius 1 is 1.17 bits per heavy atom. The second-order valence-corrected chi connectivity index (χ2v) is 8.81. The summed E-state index contributed by atoms with van der Waals surface area (Å²) in [5.74, 6) is -2.05. The summed E-state index contributed by atoms with van der Waals surface area (Å²) in [5, 5.41) is 23.6. The zero-order valence-corrected chi connectivity index (χ0v) is 19.3. The van der Waals surface area contributed by atoms with E-state index < -0.39 is 60.0 Å². The van der Waals surface area contributed by atoms with Crippen molar-refractivity contribution in [2.75, 3.05) is 12.3 Å². The largest absolute Gasteiger partial charge is 0.387 e. The molecular formula is C23H28N6O7. The van der Waals surface area contributed by atoms with Crippen molar-refractivity contribution in [3.63, 3.8) is 0 Å². The van der Waals surface area contributed by atoms with Crippen molar-refractivity contribution in [1.82, 2.24) is 19.8 Å². The third-order valence-corrected chi connectivity index (χ3v) is 6.38. The highest BCUT2D eigenvalue weighted by Crippen LogP contribution is 2.29. The van der Waals surface area contributed by atoms with Crippen molar-refractivity contribution in [1.29, 1.82) is 0 Å². The number of anilines is 1. The molecule has 0 aliphatic carbocycles. The number of benzene rings is 1. The first-order valence-corrected chi connectivity index (χ1v) is 11.5. The van der Waals surface area contributed by atoms with Gasteiger partial charge in [-0.2, -0.15) is 4.98 Å². The normalized spacial score (nSPS) is 26.5. The average Bonchev–Trinajstić information content (AvgIpc) is 3.45. The Hall–Kier alpha value is -3.81. The lowest BCUT2D eigenvalue weighted by Gasteiger charge is -2.28. The molecule has 2 saturated heterocycles. The highest BCUT2D eigenvalue weighted by Gasteiger charge is 2.48. The number of amides is 3. The summed E-state index contributed by atoms with van der Waals surface area (Å²) in [6.45, 7) is 0.310. The molecule has 0 spiro atoms. The standard InChI is InChI=1S/C23H28N6O7/c24-15-8-10-29(23(35)27-15)22-17(31)16(30)18(36-22)20(33)26-13(11-12-5-2-1-3-6-12)21(34)28-9-4-7-14(28)19(25)32/h1-3,5-6,8,10,13-14,16-18,22,30-31H,4,7,9,11H2,(H2,25,32)(H,26,33)(H2,24,27,35)/t13-,14+,16+,17-,18+,22-/m1/s1. The number of aliphatic hydroxyl groups is 2. The van der Waals surface area contributed by atoms with Crippen LogP contribution in [0, 0.1) is 0 Å². The van der Waals surface area contributed by atoms with Gasteiger partial charge in [-0.3, -0.25) is 19.0 Å². The Morgan fingerprint density at radius 2 is 1.89 bits per heavy atom. The molecule has 2 aliphatic heterocycles. The number of rotatable bonds is 7. The Kier molecular flexibility index (Phi) is 7.33. The van der Waals surface area contributed by atoms with Gasteiger partial charge in [0.2, 0.25) is 11.8 Å². The van der Waals surface area contributed by atoms with Crippen molar-refractivity contribution in [3.05, 3.63) is 58.6 Å². The number of carbonyl (C=O) groups excluding carboxylic acids is 3. The maximum Gasteiger partial charge on any atom is 0.351 e. The monoisotopic (exact) mass is 500 g/mol. The predicted octanol–water partition coefficient (Wildman–Crippen LogP) is -2.35. The lowest BCUT2D eigenvalue weighted by molar-refractivity contribution is -0.145. The Balaban J connectivity index is 1.55. The molecular weight excluding hydrogens is 472 g/mol. The highest BCUT2D eigenvalue weighted by atomic mass is 16.6. The molecule has 3 amide bonds. The molecule has 1 aromatic heterocycles. The summed E-state index contributed by atoms with van der Waals surface area (Å²) in [7, 11) is 0. The van der Waals surface area contributed by atoms with Crippen LogP contribution < -0.4 is 22.5 Å². The molecule has 0 radical (unpaired) electrons. The number of hydrogen-bond acceptors (Lipinski definition) is 9. The Morgan fingerprint density at radius 3 is 2.56 bits per heavy atom. The van der Waals surface area contributed by atoms with Crippen molar-refractivity contribution in [2.24, 2.45) is 5.73 Å².